The van der Waals surface area contributed by atoms with E-state index in [-0.39, 0.29) is 17.9 Å². The fourth-order valence-electron chi connectivity index (χ4n) is 3.56. The van der Waals surface area contributed by atoms with E-state index >= 15 is 0 Å². The lowest BCUT2D eigenvalue weighted by Crippen LogP contribution is -2.27. The Morgan fingerprint density at radius 2 is 2.07 bits per heavy atom. The third kappa shape index (κ3) is 4.39. The van der Waals surface area contributed by atoms with E-state index in [0.29, 0.717) is 24.4 Å². The van der Waals surface area contributed by atoms with Crippen LogP contribution in [0.3, 0.4) is 0 Å². The summed E-state index contributed by atoms with van der Waals surface area (Å²) < 4.78 is 7.53. The maximum Gasteiger partial charge on any atom is 0.253 e. The van der Waals surface area contributed by atoms with Crippen LogP contribution in [0, 0.1) is 13.8 Å². The summed E-state index contributed by atoms with van der Waals surface area (Å²) in [6.45, 7) is 7.93. The van der Waals surface area contributed by atoms with Gasteiger partial charge in [-0.1, -0.05) is 12.1 Å². The fourth-order valence-corrected chi connectivity index (χ4v) is 3.56. The summed E-state index contributed by atoms with van der Waals surface area (Å²) in [6, 6.07) is 9.44. The number of aromatic nitrogens is 1. The van der Waals surface area contributed by atoms with Gasteiger partial charge in [-0.3, -0.25) is 9.59 Å². The van der Waals surface area contributed by atoms with Crippen molar-refractivity contribution in [2.75, 3.05) is 11.9 Å². The Balaban J connectivity index is 1.61. The van der Waals surface area contributed by atoms with Gasteiger partial charge in [0.15, 0.2) is 0 Å². The van der Waals surface area contributed by atoms with E-state index in [1.807, 2.05) is 44.2 Å². The molecule has 6 nitrogen and oxygen atoms in total. The molecule has 2 heterocycles. The predicted octanol–water partition coefficient (Wildman–Crippen LogP) is 3.17. The molecule has 27 heavy (non-hydrogen) atoms. The largest absolute Gasteiger partial charge is 0.368 e. The van der Waals surface area contributed by atoms with Gasteiger partial charge in [-0.15, -0.1) is 0 Å². The number of hydrogen-bond acceptors (Lipinski definition) is 3. The second kappa shape index (κ2) is 8.39. The van der Waals surface area contributed by atoms with Crippen LogP contribution >= 0.6 is 0 Å². The highest BCUT2D eigenvalue weighted by Crippen LogP contribution is 2.17. The molecule has 1 atom stereocenters. The predicted molar refractivity (Wildman–Crippen MR) is 105 cm³/mol. The number of anilines is 1. The molecular weight excluding hydrogens is 342 g/mol. The molecule has 2 N–H and O–H groups in total. The molecule has 1 aromatic heterocycles. The van der Waals surface area contributed by atoms with Crippen LogP contribution in [0.15, 0.2) is 30.3 Å². The zero-order valence-corrected chi connectivity index (χ0v) is 16.2. The Kier molecular flexibility index (Phi) is 5.96. The minimum absolute atomic E-state index is 0.0865. The smallest absolute Gasteiger partial charge is 0.253 e. The summed E-state index contributed by atoms with van der Waals surface area (Å²) in [5.41, 5.74) is 4.41. The molecule has 1 saturated heterocycles. The lowest BCUT2D eigenvalue weighted by Gasteiger charge is -2.12. The standard InChI is InChI=1S/C21H27N3O3/c1-4-24-14(2)11-18(15(24)3)20(25)22-13-16-7-5-8-17(12-16)23-21(26)19-9-6-10-27-19/h5,7-8,11-12,19H,4,6,9-10,13H2,1-3H3,(H,22,25)(H,23,26). The Hall–Kier alpha value is -2.60. The van der Waals surface area contributed by atoms with Crippen LogP contribution in [-0.4, -0.2) is 29.1 Å². The number of nitrogens with one attached hydrogen (secondary N) is 2. The van der Waals surface area contributed by atoms with Gasteiger partial charge in [-0.2, -0.15) is 0 Å². The molecule has 144 valence electrons. The molecule has 2 aromatic rings. The van der Waals surface area contributed by atoms with Crippen LogP contribution in [0.2, 0.25) is 0 Å². The van der Waals surface area contributed by atoms with Crippen LogP contribution in [0.25, 0.3) is 0 Å². The molecule has 1 aliphatic heterocycles. The monoisotopic (exact) mass is 369 g/mol. The van der Waals surface area contributed by atoms with E-state index in [2.05, 4.69) is 22.1 Å². The van der Waals surface area contributed by atoms with Gasteiger partial charge in [0.2, 0.25) is 0 Å². The van der Waals surface area contributed by atoms with Gasteiger partial charge < -0.3 is 19.9 Å². The Morgan fingerprint density at radius 1 is 1.26 bits per heavy atom. The number of carbonyl (C=O) groups is 2. The van der Waals surface area contributed by atoms with Crippen molar-refractivity contribution in [3.05, 3.63) is 52.8 Å². The first-order valence-electron chi connectivity index (χ1n) is 9.46. The van der Waals surface area contributed by atoms with Crippen molar-refractivity contribution in [3.8, 4) is 0 Å². The first kappa shape index (κ1) is 19.2. The van der Waals surface area contributed by atoms with E-state index in [1.54, 1.807) is 0 Å². The average molecular weight is 369 g/mol. The number of amides is 2. The summed E-state index contributed by atoms with van der Waals surface area (Å²) >= 11 is 0. The highest BCUT2D eigenvalue weighted by atomic mass is 16.5. The van der Waals surface area contributed by atoms with Crippen molar-refractivity contribution in [2.45, 2.75) is 52.8 Å². The first-order valence-corrected chi connectivity index (χ1v) is 9.46. The van der Waals surface area contributed by atoms with Crippen LogP contribution in [-0.2, 0) is 22.6 Å². The highest BCUT2D eigenvalue weighted by Gasteiger charge is 2.23. The molecule has 0 radical (unpaired) electrons. The van der Waals surface area contributed by atoms with Gasteiger partial charge in [0.25, 0.3) is 11.8 Å². The number of benzene rings is 1. The Morgan fingerprint density at radius 3 is 2.74 bits per heavy atom. The molecule has 1 aliphatic rings. The summed E-state index contributed by atoms with van der Waals surface area (Å²) in [5.74, 6) is -0.197. The molecule has 0 bridgehead atoms. The third-order valence-electron chi connectivity index (χ3n) is 5.00. The van der Waals surface area contributed by atoms with E-state index < -0.39 is 0 Å². The minimum atomic E-state index is -0.359. The van der Waals surface area contributed by atoms with Crippen LogP contribution < -0.4 is 10.6 Å². The SMILES string of the molecule is CCn1c(C)cc(C(=O)NCc2cccc(NC(=O)C3CCCO3)c2)c1C. The number of hydrogen-bond donors (Lipinski definition) is 2. The number of rotatable bonds is 6. The molecular formula is C21H27N3O3. The van der Waals surface area contributed by atoms with Gasteiger partial charge >= 0.3 is 0 Å². The lowest BCUT2D eigenvalue weighted by atomic mass is 10.1. The lowest BCUT2D eigenvalue weighted by molar-refractivity contribution is -0.124. The molecule has 0 saturated carbocycles. The Labute approximate surface area is 159 Å². The molecule has 1 unspecified atom stereocenters. The van der Waals surface area contributed by atoms with Crippen molar-refractivity contribution in [1.82, 2.24) is 9.88 Å². The molecule has 1 fully saturated rings. The number of aryl methyl sites for hydroxylation is 1. The van der Waals surface area contributed by atoms with Crippen molar-refractivity contribution in [1.29, 1.82) is 0 Å². The van der Waals surface area contributed by atoms with Crippen LogP contribution in [0.5, 0.6) is 0 Å². The van der Waals surface area contributed by atoms with Crippen LogP contribution in [0.1, 0.15) is 47.1 Å². The average Bonchev–Trinajstić information content (AvgIpc) is 3.28. The van der Waals surface area contributed by atoms with Gasteiger partial charge in [-0.05, 0) is 57.4 Å². The van der Waals surface area contributed by atoms with E-state index in [9.17, 15) is 9.59 Å². The van der Waals surface area contributed by atoms with Gasteiger partial charge in [0.05, 0.1) is 5.56 Å². The molecule has 1 aromatic carbocycles. The van der Waals surface area contributed by atoms with Crippen LogP contribution in [0.4, 0.5) is 5.69 Å². The van der Waals surface area contributed by atoms with Crippen molar-refractivity contribution >= 4 is 17.5 Å². The fraction of sp³-hybridized carbons (Fsp3) is 0.429. The molecule has 3 rings (SSSR count). The molecule has 0 spiro atoms. The Bertz CT molecular complexity index is 835. The maximum absolute atomic E-state index is 12.5. The molecule has 6 heteroatoms. The zero-order valence-electron chi connectivity index (χ0n) is 16.2. The molecule has 2 amide bonds. The van der Waals surface area contributed by atoms with Gasteiger partial charge in [-0.25, -0.2) is 0 Å². The second-order valence-electron chi connectivity index (χ2n) is 6.90. The second-order valence-corrected chi connectivity index (χ2v) is 6.90. The summed E-state index contributed by atoms with van der Waals surface area (Å²) in [6.07, 6.45) is 1.32. The first-order chi connectivity index (χ1) is 13.0. The highest BCUT2D eigenvalue weighted by molar-refractivity contribution is 5.96. The van der Waals surface area contributed by atoms with E-state index in [4.69, 9.17) is 4.74 Å². The summed E-state index contributed by atoms with van der Waals surface area (Å²) in [5, 5.41) is 5.86. The molecule has 0 aliphatic carbocycles. The van der Waals surface area contributed by atoms with Crippen molar-refractivity contribution < 1.29 is 14.3 Å². The normalized spacial score (nSPS) is 16.3. The number of nitrogens with zero attached hydrogens (tertiary/aromatic N) is 1. The van der Waals surface area contributed by atoms with E-state index in [1.165, 1.54) is 0 Å². The maximum atomic E-state index is 12.5. The third-order valence-corrected chi connectivity index (χ3v) is 5.00. The van der Waals surface area contributed by atoms with Gasteiger partial charge in [0.1, 0.15) is 6.10 Å². The van der Waals surface area contributed by atoms with E-state index in [0.717, 1.165) is 36.3 Å². The topological polar surface area (TPSA) is 72.4 Å². The minimum Gasteiger partial charge on any atom is -0.368 e. The number of ether oxygens (including phenoxy) is 1. The van der Waals surface area contributed by atoms with Gasteiger partial charge in [0, 0.05) is 36.8 Å². The zero-order chi connectivity index (χ0) is 19.4. The van der Waals surface area contributed by atoms with Crippen molar-refractivity contribution in [3.63, 3.8) is 0 Å². The number of carbonyl (C=O) groups excluding carboxylic acids is 2. The quantitative estimate of drug-likeness (QED) is 0.821. The summed E-state index contributed by atoms with van der Waals surface area (Å²) in [7, 11) is 0. The summed E-state index contributed by atoms with van der Waals surface area (Å²) in [4.78, 5) is 24.7. The van der Waals surface area contributed by atoms with Crippen molar-refractivity contribution in [2.24, 2.45) is 0 Å².